The standard InChI is InChI=1S/C19H15N5O4/c25-16(20-12-6-7-14-15(8-12)28-10-27-14)9-13-18(26)22-19-21-17(23-24(13)19)11-4-2-1-3-5-11/h1-8,13H,9-10H2,(H,20,25)(H,21,22,23,26)/t13-/m0/s1. The van der Waals surface area contributed by atoms with Crippen LogP contribution in [0.2, 0.25) is 0 Å². The SMILES string of the molecule is O=C(C[C@H]1C(=O)Nc2nc(-c3ccccc3)nn21)Nc1ccc2c(c1)OCO2. The molecule has 9 heteroatoms. The van der Waals surface area contributed by atoms with Gasteiger partial charge in [0.05, 0.1) is 6.42 Å². The molecule has 0 spiro atoms. The highest BCUT2D eigenvalue weighted by Crippen LogP contribution is 2.34. The summed E-state index contributed by atoms with van der Waals surface area (Å²) in [6.07, 6.45) is -0.0646. The van der Waals surface area contributed by atoms with Crippen molar-refractivity contribution < 1.29 is 19.1 Å². The lowest BCUT2D eigenvalue weighted by Crippen LogP contribution is -2.23. The van der Waals surface area contributed by atoms with Crippen LogP contribution in [0.1, 0.15) is 12.5 Å². The van der Waals surface area contributed by atoms with Crippen LogP contribution < -0.4 is 20.1 Å². The van der Waals surface area contributed by atoms with Crippen molar-refractivity contribution in [1.29, 1.82) is 0 Å². The van der Waals surface area contributed by atoms with E-state index in [2.05, 4.69) is 20.7 Å². The Hall–Kier alpha value is -3.88. The number of anilines is 2. The highest BCUT2D eigenvalue weighted by Gasteiger charge is 2.35. The van der Waals surface area contributed by atoms with Gasteiger partial charge < -0.3 is 14.8 Å². The van der Waals surface area contributed by atoms with E-state index in [1.54, 1.807) is 18.2 Å². The molecule has 2 aromatic carbocycles. The zero-order valence-electron chi connectivity index (χ0n) is 14.6. The van der Waals surface area contributed by atoms with Crippen LogP contribution in [-0.2, 0) is 9.59 Å². The number of aromatic nitrogens is 3. The average Bonchev–Trinajstić information content (AvgIpc) is 3.39. The van der Waals surface area contributed by atoms with Gasteiger partial charge in [-0.1, -0.05) is 30.3 Å². The number of fused-ring (bicyclic) bond motifs is 2. The number of ether oxygens (including phenoxy) is 2. The third-order valence-corrected chi connectivity index (χ3v) is 4.53. The minimum atomic E-state index is -0.756. The van der Waals surface area contributed by atoms with Crippen molar-refractivity contribution in [3.8, 4) is 22.9 Å². The largest absolute Gasteiger partial charge is 0.454 e. The second kappa shape index (κ2) is 6.38. The third-order valence-electron chi connectivity index (χ3n) is 4.53. The van der Waals surface area contributed by atoms with Gasteiger partial charge in [-0.05, 0) is 12.1 Å². The summed E-state index contributed by atoms with van der Waals surface area (Å²) in [6, 6.07) is 13.8. The molecule has 1 atom stereocenters. The van der Waals surface area contributed by atoms with Crippen molar-refractivity contribution in [2.75, 3.05) is 17.4 Å². The van der Waals surface area contributed by atoms with Gasteiger partial charge in [0.2, 0.25) is 18.6 Å². The number of hydrogen-bond acceptors (Lipinski definition) is 6. The maximum Gasteiger partial charge on any atom is 0.252 e. The van der Waals surface area contributed by atoms with Crippen molar-refractivity contribution >= 4 is 23.5 Å². The molecule has 3 aromatic rings. The number of amides is 2. The number of carbonyl (C=O) groups is 2. The van der Waals surface area contributed by atoms with Gasteiger partial charge in [0, 0.05) is 17.3 Å². The quantitative estimate of drug-likeness (QED) is 0.722. The van der Waals surface area contributed by atoms with Crippen LogP contribution in [0, 0.1) is 0 Å². The monoisotopic (exact) mass is 377 g/mol. The second-order valence-corrected chi connectivity index (χ2v) is 6.40. The summed E-state index contributed by atoms with van der Waals surface area (Å²) in [4.78, 5) is 29.1. The number of benzene rings is 2. The van der Waals surface area contributed by atoms with Gasteiger partial charge in [-0.3, -0.25) is 14.9 Å². The third kappa shape index (κ3) is 2.82. The fourth-order valence-electron chi connectivity index (χ4n) is 3.18. The predicted molar refractivity (Wildman–Crippen MR) is 98.9 cm³/mol. The Morgan fingerprint density at radius 2 is 2.00 bits per heavy atom. The smallest absolute Gasteiger partial charge is 0.252 e. The maximum atomic E-state index is 12.5. The molecule has 2 amide bonds. The first-order valence-electron chi connectivity index (χ1n) is 8.70. The molecule has 2 aliphatic rings. The van der Waals surface area contributed by atoms with E-state index in [1.165, 1.54) is 4.68 Å². The summed E-state index contributed by atoms with van der Waals surface area (Å²) in [5, 5.41) is 9.85. The molecule has 2 aliphatic heterocycles. The van der Waals surface area contributed by atoms with Crippen molar-refractivity contribution in [2.24, 2.45) is 0 Å². The normalized spacial score (nSPS) is 16.6. The summed E-state index contributed by atoms with van der Waals surface area (Å²) >= 11 is 0. The van der Waals surface area contributed by atoms with Crippen LogP contribution >= 0.6 is 0 Å². The van der Waals surface area contributed by atoms with Crippen LogP contribution in [0.3, 0.4) is 0 Å². The van der Waals surface area contributed by atoms with Gasteiger partial charge in [-0.15, -0.1) is 5.10 Å². The van der Waals surface area contributed by atoms with E-state index in [0.717, 1.165) is 5.56 Å². The Kier molecular flexibility index (Phi) is 3.71. The highest BCUT2D eigenvalue weighted by molar-refractivity contribution is 6.01. The molecule has 2 N–H and O–H groups in total. The zero-order valence-corrected chi connectivity index (χ0v) is 14.6. The van der Waals surface area contributed by atoms with Gasteiger partial charge in [0.1, 0.15) is 6.04 Å². The molecular formula is C19H15N5O4. The van der Waals surface area contributed by atoms with Crippen LogP contribution in [0.25, 0.3) is 11.4 Å². The number of nitrogens with zero attached hydrogens (tertiary/aromatic N) is 3. The predicted octanol–water partition coefficient (Wildman–Crippen LogP) is 2.20. The molecule has 0 saturated heterocycles. The summed E-state index contributed by atoms with van der Waals surface area (Å²) in [5.41, 5.74) is 1.40. The summed E-state index contributed by atoms with van der Waals surface area (Å²) in [6.45, 7) is 0.161. The van der Waals surface area contributed by atoms with Gasteiger partial charge in [-0.2, -0.15) is 4.98 Å². The molecule has 0 saturated carbocycles. The van der Waals surface area contributed by atoms with Gasteiger partial charge in [-0.25, -0.2) is 4.68 Å². The first-order valence-corrected chi connectivity index (χ1v) is 8.70. The molecule has 0 bridgehead atoms. The molecule has 0 aliphatic carbocycles. The van der Waals surface area contributed by atoms with Crippen LogP contribution in [0.4, 0.5) is 11.6 Å². The van der Waals surface area contributed by atoms with E-state index in [0.29, 0.717) is 29.0 Å². The maximum absolute atomic E-state index is 12.5. The lowest BCUT2D eigenvalue weighted by Gasteiger charge is -2.10. The van der Waals surface area contributed by atoms with E-state index in [1.807, 2.05) is 30.3 Å². The lowest BCUT2D eigenvalue weighted by molar-refractivity contribution is -0.123. The second-order valence-electron chi connectivity index (χ2n) is 6.40. The first-order chi connectivity index (χ1) is 13.7. The van der Waals surface area contributed by atoms with Gasteiger partial charge in [0.15, 0.2) is 17.3 Å². The molecule has 140 valence electrons. The lowest BCUT2D eigenvalue weighted by atomic mass is 10.2. The Morgan fingerprint density at radius 1 is 1.18 bits per heavy atom. The molecule has 3 heterocycles. The number of rotatable bonds is 4. The van der Waals surface area contributed by atoms with Crippen molar-refractivity contribution in [2.45, 2.75) is 12.5 Å². The summed E-state index contributed by atoms with van der Waals surface area (Å²) in [7, 11) is 0. The fourth-order valence-corrected chi connectivity index (χ4v) is 3.18. The van der Waals surface area contributed by atoms with Crippen LogP contribution in [0.15, 0.2) is 48.5 Å². The van der Waals surface area contributed by atoms with Gasteiger partial charge in [0.25, 0.3) is 5.91 Å². The van der Waals surface area contributed by atoms with E-state index in [9.17, 15) is 9.59 Å². The first kappa shape index (κ1) is 16.3. The topological polar surface area (TPSA) is 107 Å². The Morgan fingerprint density at radius 3 is 2.86 bits per heavy atom. The average molecular weight is 377 g/mol. The minimum absolute atomic E-state index is 0.0646. The Balaban J connectivity index is 1.32. The Bertz CT molecular complexity index is 1080. The molecule has 0 unspecified atom stereocenters. The molecule has 28 heavy (non-hydrogen) atoms. The number of carbonyl (C=O) groups excluding carboxylic acids is 2. The van der Waals surface area contributed by atoms with Crippen molar-refractivity contribution in [3.63, 3.8) is 0 Å². The molecule has 0 fully saturated rings. The van der Waals surface area contributed by atoms with Crippen molar-refractivity contribution in [3.05, 3.63) is 48.5 Å². The summed E-state index contributed by atoms with van der Waals surface area (Å²) < 4.78 is 12.0. The fraction of sp³-hybridized carbons (Fsp3) is 0.158. The number of nitrogens with one attached hydrogen (secondary N) is 2. The van der Waals surface area contributed by atoms with E-state index >= 15 is 0 Å². The molecular weight excluding hydrogens is 362 g/mol. The molecule has 0 radical (unpaired) electrons. The van der Waals surface area contributed by atoms with Crippen molar-refractivity contribution in [1.82, 2.24) is 14.8 Å². The van der Waals surface area contributed by atoms with Crippen LogP contribution in [-0.4, -0.2) is 33.4 Å². The minimum Gasteiger partial charge on any atom is -0.454 e. The molecule has 5 rings (SSSR count). The zero-order chi connectivity index (χ0) is 19.1. The number of hydrogen-bond donors (Lipinski definition) is 2. The van der Waals surface area contributed by atoms with Gasteiger partial charge >= 0.3 is 0 Å². The van der Waals surface area contributed by atoms with E-state index < -0.39 is 6.04 Å². The molecule has 9 nitrogen and oxygen atoms in total. The van der Waals surface area contributed by atoms with E-state index in [-0.39, 0.29) is 25.0 Å². The summed E-state index contributed by atoms with van der Waals surface area (Å²) in [5.74, 6) is 1.41. The molecule has 1 aromatic heterocycles. The van der Waals surface area contributed by atoms with E-state index in [4.69, 9.17) is 9.47 Å². The highest BCUT2D eigenvalue weighted by atomic mass is 16.7. The Labute approximate surface area is 159 Å². The van der Waals surface area contributed by atoms with Crippen LogP contribution in [0.5, 0.6) is 11.5 Å².